The molecule has 0 saturated carbocycles. The first kappa shape index (κ1) is 20.4. The highest BCUT2D eigenvalue weighted by molar-refractivity contribution is 7.92. The van der Waals surface area contributed by atoms with Crippen molar-refractivity contribution in [3.05, 3.63) is 89.5 Å². The molecule has 3 aromatic carbocycles. The lowest BCUT2D eigenvalue weighted by molar-refractivity contribution is 0.0600. The van der Waals surface area contributed by atoms with Gasteiger partial charge in [0.2, 0.25) is 0 Å². The fourth-order valence-corrected chi connectivity index (χ4v) is 4.04. The van der Waals surface area contributed by atoms with Crippen LogP contribution in [0.3, 0.4) is 0 Å². The number of ether oxygens (including phenoxy) is 2. The van der Waals surface area contributed by atoms with Crippen LogP contribution in [0.5, 0.6) is 5.75 Å². The smallest absolute Gasteiger partial charge is 0.337 e. The van der Waals surface area contributed by atoms with Crippen LogP contribution in [0.4, 0.5) is 5.69 Å². The van der Waals surface area contributed by atoms with Gasteiger partial charge in [-0.2, -0.15) is 0 Å². The molecule has 0 bridgehead atoms. The van der Waals surface area contributed by atoms with Crippen molar-refractivity contribution in [2.45, 2.75) is 18.4 Å². The van der Waals surface area contributed by atoms with Gasteiger partial charge in [-0.05, 0) is 54.4 Å². The minimum Gasteiger partial charge on any atom is -0.489 e. The van der Waals surface area contributed by atoms with Crippen LogP contribution in [0, 0.1) is 6.92 Å². The predicted molar refractivity (Wildman–Crippen MR) is 111 cm³/mol. The normalized spacial score (nSPS) is 11.0. The summed E-state index contributed by atoms with van der Waals surface area (Å²) in [5, 5.41) is 0. The molecule has 0 unspecified atom stereocenters. The van der Waals surface area contributed by atoms with Gasteiger partial charge in [-0.15, -0.1) is 0 Å². The van der Waals surface area contributed by atoms with E-state index in [0.29, 0.717) is 23.6 Å². The van der Waals surface area contributed by atoms with Crippen molar-refractivity contribution in [2.75, 3.05) is 11.8 Å². The maximum absolute atomic E-state index is 12.8. The Morgan fingerprint density at radius 2 is 1.66 bits per heavy atom. The molecule has 0 saturated heterocycles. The number of hydrogen-bond donors (Lipinski definition) is 1. The predicted octanol–water partition coefficient (Wildman–Crippen LogP) is 4.16. The number of carbonyl (C=O) groups is 1. The molecular weight excluding hydrogens is 390 g/mol. The number of methoxy groups -OCH3 is 1. The summed E-state index contributed by atoms with van der Waals surface area (Å²) in [6.07, 6.45) is 0. The van der Waals surface area contributed by atoms with Gasteiger partial charge in [-0.1, -0.05) is 36.4 Å². The van der Waals surface area contributed by atoms with Gasteiger partial charge >= 0.3 is 5.97 Å². The average molecular weight is 411 g/mol. The zero-order valence-corrected chi connectivity index (χ0v) is 16.9. The zero-order valence-electron chi connectivity index (χ0n) is 16.1. The van der Waals surface area contributed by atoms with Crippen LogP contribution in [0.25, 0.3) is 0 Å². The van der Waals surface area contributed by atoms with E-state index in [2.05, 4.69) is 9.46 Å². The van der Waals surface area contributed by atoms with Crippen LogP contribution in [0.15, 0.2) is 77.7 Å². The Hall–Kier alpha value is -3.32. The van der Waals surface area contributed by atoms with E-state index in [0.717, 1.165) is 5.56 Å². The SMILES string of the molecule is COC(=O)c1ccc(C)c(S(=O)(=O)Nc2ccc(OCc3ccccc3)cc2)c1. The van der Waals surface area contributed by atoms with Gasteiger partial charge in [0.25, 0.3) is 10.0 Å². The first-order valence-corrected chi connectivity index (χ1v) is 10.4. The fraction of sp³-hybridized carbons (Fsp3) is 0.136. The Labute approximate surface area is 170 Å². The van der Waals surface area contributed by atoms with Gasteiger partial charge < -0.3 is 9.47 Å². The lowest BCUT2D eigenvalue weighted by Gasteiger charge is -2.12. The maximum atomic E-state index is 12.8. The second-order valence-electron chi connectivity index (χ2n) is 6.38. The summed E-state index contributed by atoms with van der Waals surface area (Å²) in [6, 6.07) is 20.8. The molecule has 0 spiro atoms. The number of benzene rings is 3. The number of sulfonamides is 1. The van der Waals surface area contributed by atoms with Gasteiger partial charge in [0.1, 0.15) is 12.4 Å². The van der Waals surface area contributed by atoms with Crippen LogP contribution in [-0.2, 0) is 21.4 Å². The van der Waals surface area contributed by atoms with E-state index in [1.54, 1.807) is 37.3 Å². The number of anilines is 1. The molecule has 3 rings (SSSR count). The Balaban J connectivity index is 1.73. The third-order valence-corrected chi connectivity index (χ3v) is 5.78. The van der Waals surface area contributed by atoms with Crippen LogP contribution in [0.1, 0.15) is 21.5 Å². The highest BCUT2D eigenvalue weighted by Gasteiger charge is 2.19. The summed E-state index contributed by atoms with van der Waals surface area (Å²) in [6.45, 7) is 2.08. The quantitative estimate of drug-likeness (QED) is 0.591. The summed E-state index contributed by atoms with van der Waals surface area (Å²) in [5.41, 5.74) is 2.12. The summed E-state index contributed by atoms with van der Waals surface area (Å²) >= 11 is 0. The number of nitrogens with one attached hydrogen (secondary N) is 1. The van der Waals surface area contributed by atoms with Crippen molar-refractivity contribution >= 4 is 21.7 Å². The molecule has 6 nitrogen and oxygen atoms in total. The number of aryl methyl sites for hydroxylation is 1. The second kappa shape index (κ2) is 8.79. The van der Waals surface area contributed by atoms with E-state index < -0.39 is 16.0 Å². The number of carbonyl (C=O) groups excluding carboxylic acids is 1. The molecule has 29 heavy (non-hydrogen) atoms. The molecule has 0 fully saturated rings. The number of rotatable bonds is 7. The number of hydrogen-bond acceptors (Lipinski definition) is 5. The third kappa shape index (κ3) is 5.14. The molecule has 0 aliphatic heterocycles. The summed E-state index contributed by atoms with van der Waals surface area (Å²) < 4.78 is 38.5. The van der Waals surface area contributed by atoms with E-state index in [4.69, 9.17) is 4.74 Å². The van der Waals surface area contributed by atoms with E-state index in [9.17, 15) is 13.2 Å². The minimum absolute atomic E-state index is 0.0183. The van der Waals surface area contributed by atoms with Crippen molar-refractivity contribution in [1.29, 1.82) is 0 Å². The monoisotopic (exact) mass is 411 g/mol. The van der Waals surface area contributed by atoms with Crippen molar-refractivity contribution in [3.8, 4) is 5.75 Å². The molecule has 0 amide bonds. The fourth-order valence-electron chi connectivity index (χ4n) is 2.70. The Kier molecular flexibility index (Phi) is 6.19. The molecule has 0 heterocycles. The van der Waals surface area contributed by atoms with Gasteiger partial charge in [-0.3, -0.25) is 4.72 Å². The molecule has 0 atom stereocenters. The molecule has 7 heteroatoms. The molecule has 0 aromatic heterocycles. The second-order valence-corrected chi connectivity index (χ2v) is 8.03. The van der Waals surface area contributed by atoms with Crippen LogP contribution in [0.2, 0.25) is 0 Å². The Morgan fingerprint density at radius 1 is 0.966 bits per heavy atom. The average Bonchev–Trinajstić information content (AvgIpc) is 2.73. The first-order valence-electron chi connectivity index (χ1n) is 8.87. The van der Waals surface area contributed by atoms with Crippen LogP contribution < -0.4 is 9.46 Å². The van der Waals surface area contributed by atoms with Gasteiger partial charge in [0, 0.05) is 5.69 Å². The van der Waals surface area contributed by atoms with Crippen LogP contribution >= 0.6 is 0 Å². The van der Waals surface area contributed by atoms with Crippen molar-refractivity contribution in [1.82, 2.24) is 0 Å². The minimum atomic E-state index is -3.87. The van der Waals surface area contributed by atoms with Crippen LogP contribution in [-0.4, -0.2) is 21.5 Å². The lowest BCUT2D eigenvalue weighted by atomic mass is 10.1. The molecule has 0 aliphatic carbocycles. The summed E-state index contributed by atoms with van der Waals surface area (Å²) in [7, 11) is -2.63. The van der Waals surface area contributed by atoms with E-state index in [1.807, 2.05) is 30.3 Å². The zero-order chi connectivity index (χ0) is 20.9. The number of esters is 1. The molecular formula is C22H21NO5S. The van der Waals surface area contributed by atoms with Gasteiger partial charge in [0.15, 0.2) is 0 Å². The van der Waals surface area contributed by atoms with E-state index in [1.165, 1.54) is 19.2 Å². The van der Waals surface area contributed by atoms with Crippen molar-refractivity contribution < 1.29 is 22.7 Å². The molecule has 0 aliphatic rings. The summed E-state index contributed by atoms with van der Waals surface area (Å²) in [4.78, 5) is 11.7. The molecule has 0 radical (unpaired) electrons. The van der Waals surface area contributed by atoms with Gasteiger partial charge in [0.05, 0.1) is 17.6 Å². The largest absolute Gasteiger partial charge is 0.489 e. The molecule has 3 aromatic rings. The standard InChI is InChI=1S/C22H21NO5S/c1-16-8-9-18(22(24)27-2)14-21(16)29(25,26)23-19-10-12-20(13-11-19)28-15-17-6-4-3-5-7-17/h3-14,23H,15H2,1-2H3. The first-order chi connectivity index (χ1) is 13.9. The molecule has 1 N–H and O–H groups in total. The van der Waals surface area contributed by atoms with E-state index in [-0.39, 0.29) is 10.5 Å². The maximum Gasteiger partial charge on any atom is 0.337 e. The Bertz CT molecular complexity index is 1090. The van der Waals surface area contributed by atoms with E-state index >= 15 is 0 Å². The van der Waals surface area contributed by atoms with Crippen molar-refractivity contribution in [2.24, 2.45) is 0 Å². The van der Waals surface area contributed by atoms with Crippen molar-refractivity contribution in [3.63, 3.8) is 0 Å². The highest BCUT2D eigenvalue weighted by atomic mass is 32.2. The van der Waals surface area contributed by atoms with Gasteiger partial charge in [-0.25, -0.2) is 13.2 Å². The molecule has 150 valence electrons. The lowest BCUT2D eigenvalue weighted by Crippen LogP contribution is -2.15. The topological polar surface area (TPSA) is 81.7 Å². The highest BCUT2D eigenvalue weighted by Crippen LogP contribution is 2.23. The summed E-state index contributed by atoms with van der Waals surface area (Å²) in [5.74, 6) is 0.0297. The Morgan fingerprint density at radius 3 is 2.31 bits per heavy atom. The third-order valence-electron chi connectivity index (χ3n) is 4.25.